The number of nitrogens with zero attached hydrogens (tertiary/aromatic N) is 1. The third kappa shape index (κ3) is 2.27. The van der Waals surface area contributed by atoms with E-state index >= 15 is 0 Å². The van der Waals surface area contributed by atoms with Crippen LogP contribution in [-0.2, 0) is 11.3 Å². The van der Waals surface area contributed by atoms with E-state index in [0.29, 0.717) is 0 Å². The van der Waals surface area contributed by atoms with Crippen LogP contribution in [0.2, 0.25) is 0 Å². The first kappa shape index (κ1) is 13.1. The van der Waals surface area contributed by atoms with Crippen molar-refractivity contribution in [3.8, 4) is 0 Å². The van der Waals surface area contributed by atoms with Gasteiger partial charge in [-0.2, -0.15) is 0 Å². The van der Waals surface area contributed by atoms with Crippen LogP contribution >= 0.6 is 0 Å². The minimum absolute atomic E-state index is 0.697. The summed E-state index contributed by atoms with van der Waals surface area (Å²) in [6.45, 7) is 7.61. The number of aryl methyl sites for hydroxylation is 2. The molecule has 1 fully saturated rings. The average molecular weight is 247 g/mol. The Balaban J connectivity index is 2.21. The van der Waals surface area contributed by atoms with E-state index < -0.39 is 11.5 Å². The molecule has 1 unspecified atom stereocenters. The van der Waals surface area contributed by atoms with Crippen LogP contribution in [0.1, 0.15) is 36.5 Å². The monoisotopic (exact) mass is 247 g/mol. The highest BCUT2D eigenvalue weighted by Crippen LogP contribution is 2.31. The van der Waals surface area contributed by atoms with Crippen molar-refractivity contribution in [2.24, 2.45) is 0 Å². The molecule has 1 atom stereocenters. The third-order valence-electron chi connectivity index (χ3n) is 4.11. The topological polar surface area (TPSA) is 40.5 Å². The zero-order valence-electron chi connectivity index (χ0n) is 11.4. The van der Waals surface area contributed by atoms with Crippen LogP contribution in [0.25, 0.3) is 0 Å². The van der Waals surface area contributed by atoms with Gasteiger partial charge >= 0.3 is 5.97 Å². The summed E-state index contributed by atoms with van der Waals surface area (Å²) < 4.78 is 0. The Hall–Kier alpha value is -1.35. The molecule has 0 spiro atoms. The lowest BCUT2D eigenvalue weighted by atomic mass is 9.98. The normalized spacial score (nSPS) is 24.4. The van der Waals surface area contributed by atoms with Crippen molar-refractivity contribution in [1.82, 2.24) is 4.90 Å². The van der Waals surface area contributed by atoms with Crippen molar-refractivity contribution in [2.75, 3.05) is 6.54 Å². The number of hydrogen-bond acceptors (Lipinski definition) is 2. The van der Waals surface area contributed by atoms with Crippen molar-refractivity contribution in [2.45, 2.75) is 45.7 Å². The second-order valence-corrected chi connectivity index (χ2v) is 5.53. The first-order valence-corrected chi connectivity index (χ1v) is 6.48. The summed E-state index contributed by atoms with van der Waals surface area (Å²) in [5.74, 6) is -0.704. The molecule has 0 radical (unpaired) electrons. The van der Waals surface area contributed by atoms with Crippen LogP contribution in [0.3, 0.4) is 0 Å². The van der Waals surface area contributed by atoms with Crippen molar-refractivity contribution in [3.63, 3.8) is 0 Å². The van der Waals surface area contributed by atoms with Gasteiger partial charge in [0, 0.05) is 6.54 Å². The average Bonchev–Trinajstić information content (AvgIpc) is 2.66. The fourth-order valence-corrected chi connectivity index (χ4v) is 2.74. The predicted molar refractivity (Wildman–Crippen MR) is 71.6 cm³/mol. The first-order chi connectivity index (χ1) is 8.43. The minimum atomic E-state index is -0.704. The van der Waals surface area contributed by atoms with Gasteiger partial charge in [-0.3, -0.25) is 9.69 Å². The van der Waals surface area contributed by atoms with Crippen molar-refractivity contribution in [1.29, 1.82) is 0 Å². The zero-order chi connectivity index (χ0) is 13.3. The van der Waals surface area contributed by atoms with Crippen LogP contribution < -0.4 is 0 Å². The fraction of sp³-hybridized carbons (Fsp3) is 0.533. The number of rotatable bonds is 3. The van der Waals surface area contributed by atoms with Gasteiger partial charge in [-0.15, -0.1) is 0 Å². The summed E-state index contributed by atoms with van der Waals surface area (Å²) >= 11 is 0. The molecule has 0 aliphatic carbocycles. The van der Waals surface area contributed by atoms with Crippen LogP contribution in [0.4, 0.5) is 0 Å². The van der Waals surface area contributed by atoms with Crippen LogP contribution in [0.15, 0.2) is 18.2 Å². The Morgan fingerprint density at radius 3 is 2.78 bits per heavy atom. The van der Waals surface area contributed by atoms with Gasteiger partial charge in [0.1, 0.15) is 5.54 Å². The van der Waals surface area contributed by atoms with E-state index in [4.69, 9.17) is 0 Å². The lowest BCUT2D eigenvalue weighted by Gasteiger charge is -2.31. The lowest BCUT2D eigenvalue weighted by molar-refractivity contribution is -0.148. The molecule has 0 bridgehead atoms. The molecule has 1 saturated heterocycles. The van der Waals surface area contributed by atoms with E-state index in [1.165, 1.54) is 16.7 Å². The highest BCUT2D eigenvalue weighted by Gasteiger charge is 2.43. The summed E-state index contributed by atoms with van der Waals surface area (Å²) in [6, 6.07) is 6.37. The molecule has 1 aromatic rings. The fourth-order valence-electron chi connectivity index (χ4n) is 2.74. The molecule has 18 heavy (non-hydrogen) atoms. The summed E-state index contributed by atoms with van der Waals surface area (Å²) in [7, 11) is 0. The molecule has 0 saturated carbocycles. The maximum Gasteiger partial charge on any atom is 0.323 e. The first-order valence-electron chi connectivity index (χ1n) is 6.48. The number of aliphatic carboxylic acids is 1. The van der Waals surface area contributed by atoms with Gasteiger partial charge in [-0.05, 0) is 51.3 Å². The van der Waals surface area contributed by atoms with Gasteiger partial charge in [0.05, 0.1) is 0 Å². The van der Waals surface area contributed by atoms with Crippen LogP contribution in [0.5, 0.6) is 0 Å². The number of hydrogen-bond donors (Lipinski definition) is 1. The summed E-state index contributed by atoms with van der Waals surface area (Å²) in [4.78, 5) is 13.5. The molecule has 98 valence electrons. The molecule has 1 N–H and O–H groups in total. The molecule has 1 aromatic carbocycles. The van der Waals surface area contributed by atoms with E-state index in [1.807, 2.05) is 6.92 Å². The Kier molecular flexibility index (Phi) is 3.44. The van der Waals surface area contributed by atoms with Gasteiger partial charge in [0.15, 0.2) is 0 Å². The molecule has 3 nitrogen and oxygen atoms in total. The standard InChI is InChI=1S/C15H21NO2/c1-11-5-6-13(12(2)9-11)10-16-8-4-7-15(16,3)14(17)18/h5-6,9H,4,7-8,10H2,1-3H3,(H,17,18). The second-order valence-electron chi connectivity index (χ2n) is 5.53. The quantitative estimate of drug-likeness (QED) is 0.892. The molecule has 1 heterocycles. The van der Waals surface area contributed by atoms with Crippen molar-refractivity contribution in [3.05, 3.63) is 34.9 Å². The Bertz CT molecular complexity index is 470. The largest absolute Gasteiger partial charge is 0.480 e. The minimum Gasteiger partial charge on any atom is -0.480 e. The molecular weight excluding hydrogens is 226 g/mol. The molecule has 2 rings (SSSR count). The Morgan fingerprint density at radius 2 is 2.17 bits per heavy atom. The van der Waals surface area contributed by atoms with E-state index in [1.54, 1.807) is 0 Å². The Labute approximate surface area is 108 Å². The number of carbonyl (C=O) groups is 1. The summed E-state index contributed by atoms with van der Waals surface area (Å²) in [5.41, 5.74) is 3.03. The van der Waals surface area contributed by atoms with Gasteiger partial charge < -0.3 is 5.11 Å². The zero-order valence-corrected chi connectivity index (χ0v) is 11.4. The number of likely N-dealkylation sites (tertiary alicyclic amines) is 1. The van der Waals surface area contributed by atoms with Gasteiger partial charge in [-0.1, -0.05) is 23.8 Å². The SMILES string of the molecule is Cc1ccc(CN2CCCC2(C)C(=O)O)c(C)c1. The van der Waals surface area contributed by atoms with Gasteiger partial charge in [0.2, 0.25) is 0 Å². The molecule has 0 aromatic heterocycles. The number of carboxylic acid groups (broad SMARTS) is 1. The number of benzene rings is 1. The predicted octanol–water partition coefficient (Wildman–Crippen LogP) is 2.74. The maximum atomic E-state index is 11.4. The van der Waals surface area contributed by atoms with Crippen molar-refractivity contribution < 1.29 is 9.90 Å². The molecule has 0 amide bonds. The molecular formula is C15H21NO2. The third-order valence-corrected chi connectivity index (χ3v) is 4.11. The van der Waals surface area contributed by atoms with Crippen molar-refractivity contribution >= 4 is 5.97 Å². The van der Waals surface area contributed by atoms with E-state index in [0.717, 1.165) is 25.9 Å². The summed E-state index contributed by atoms with van der Waals surface area (Å²) in [6.07, 6.45) is 1.71. The van der Waals surface area contributed by atoms with Crippen LogP contribution in [-0.4, -0.2) is 28.1 Å². The maximum absolute atomic E-state index is 11.4. The lowest BCUT2D eigenvalue weighted by Crippen LogP contribution is -2.47. The van der Waals surface area contributed by atoms with E-state index in [-0.39, 0.29) is 0 Å². The number of carboxylic acids is 1. The Morgan fingerprint density at radius 1 is 1.44 bits per heavy atom. The highest BCUT2D eigenvalue weighted by molar-refractivity contribution is 5.78. The summed E-state index contributed by atoms with van der Waals surface area (Å²) in [5, 5.41) is 9.39. The molecule has 1 aliphatic rings. The molecule has 1 aliphatic heterocycles. The van der Waals surface area contributed by atoms with Gasteiger partial charge in [-0.25, -0.2) is 0 Å². The second kappa shape index (κ2) is 4.73. The van der Waals surface area contributed by atoms with E-state index in [9.17, 15) is 9.90 Å². The highest BCUT2D eigenvalue weighted by atomic mass is 16.4. The van der Waals surface area contributed by atoms with Gasteiger partial charge in [0.25, 0.3) is 0 Å². The smallest absolute Gasteiger partial charge is 0.323 e. The van der Waals surface area contributed by atoms with Crippen LogP contribution in [0, 0.1) is 13.8 Å². The molecule has 3 heteroatoms. The van der Waals surface area contributed by atoms with E-state index in [2.05, 4.69) is 36.9 Å².